The van der Waals surface area contributed by atoms with Crippen molar-refractivity contribution in [1.82, 2.24) is 9.97 Å². The highest BCUT2D eigenvalue weighted by molar-refractivity contribution is 7.22. The third-order valence-corrected chi connectivity index (χ3v) is 6.07. The van der Waals surface area contributed by atoms with Gasteiger partial charge >= 0.3 is 0 Å². The standard InChI is InChI=1S/C21H13N3OS2/c25-19(15-10-9-13-5-1-2-6-14(13)11-15)24-21-23-17(12-26-21)20-22-16-7-3-4-8-18(16)27-20/h1-12H,(H,23,24,25). The van der Waals surface area contributed by atoms with E-state index < -0.39 is 0 Å². The van der Waals surface area contributed by atoms with E-state index in [-0.39, 0.29) is 5.91 Å². The normalized spacial score (nSPS) is 11.1. The van der Waals surface area contributed by atoms with Gasteiger partial charge in [0.25, 0.3) is 5.91 Å². The zero-order valence-corrected chi connectivity index (χ0v) is 15.7. The molecule has 1 N–H and O–H groups in total. The molecule has 130 valence electrons. The second kappa shape index (κ2) is 6.57. The number of thiazole rings is 2. The van der Waals surface area contributed by atoms with Crippen LogP contribution in [-0.2, 0) is 0 Å². The lowest BCUT2D eigenvalue weighted by atomic mass is 10.1. The second-order valence-corrected chi connectivity index (χ2v) is 7.93. The number of hydrogen-bond acceptors (Lipinski definition) is 5. The minimum atomic E-state index is -0.161. The van der Waals surface area contributed by atoms with Crippen LogP contribution in [0.5, 0.6) is 0 Å². The molecule has 1 amide bonds. The van der Waals surface area contributed by atoms with Gasteiger partial charge in [-0.25, -0.2) is 9.97 Å². The molecule has 0 unspecified atom stereocenters. The summed E-state index contributed by atoms with van der Waals surface area (Å²) in [6.07, 6.45) is 0. The number of fused-ring (bicyclic) bond motifs is 2. The van der Waals surface area contributed by atoms with Crippen molar-refractivity contribution in [3.8, 4) is 10.7 Å². The molecular weight excluding hydrogens is 374 g/mol. The largest absolute Gasteiger partial charge is 0.298 e. The van der Waals surface area contributed by atoms with Crippen molar-refractivity contribution in [1.29, 1.82) is 0 Å². The van der Waals surface area contributed by atoms with Crippen LogP contribution in [0, 0.1) is 0 Å². The van der Waals surface area contributed by atoms with Crippen LogP contribution in [0.25, 0.3) is 31.7 Å². The van der Waals surface area contributed by atoms with Gasteiger partial charge < -0.3 is 0 Å². The number of nitrogens with zero attached hydrogens (tertiary/aromatic N) is 2. The van der Waals surface area contributed by atoms with Gasteiger partial charge in [0.15, 0.2) is 5.13 Å². The Morgan fingerprint density at radius 3 is 2.59 bits per heavy atom. The lowest BCUT2D eigenvalue weighted by Crippen LogP contribution is -2.11. The maximum Gasteiger partial charge on any atom is 0.257 e. The first-order chi connectivity index (χ1) is 13.3. The number of rotatable bonds is 3. The Morgan fingerprint density at radius 2 is 1.70 bits per heavy atom. The molecule has 6 heteroatoms. The van der Waals surface area contributed by atoms with Crippen LogP contribution in [-0.4, -0.2) is 15.9 Å². The number of benzene rings is 3. The average molecular weight is 387 g/mol. The van der Waals surface area contributed by atoms with Gasteiger partial charge in [-0.1, -0.05) is 42.5 Å². The molecule has 5 aromatic rings. The topological polar surface area (TPSA) is 54.9 Å². The Hall–Kier alpha value is -3.09. The molecule has 0 saturated carbocycles. The Kier molecular flexibility index (Phi) is 3.92. The van der Waals surface area contributed by atoms with Crippen LogP contribution >= 0.6 is 22.7 Å². The van der Waals surface area contributed by atoms with Crippen molar-refractivity contribution in [2.24, 2.45) is 0 Å². The number of carbonyl (C=O) groups is 1. The first-order valence-electron chi connectivity index (χ1n) is 8.38. The summed E-state index contributed by atoms with van der Waals surface area (Å²) >= 11 is 3.01. The molecule has 0 aliphatic heterocycles. The first kappa shape index (κ1) is 16.1. The van der Waals surface area contributed by atoms with Crippen molar-refractivity contribution >= 4 is 54.7 Å². The SMILES string of the molecule is O=C(Nc1nc(-c2nc3ccccc3s2)cs1)c1ccc2ccccc2c1. The summed E-state index contributed by atoms with van der Waals surface area (Å²) in [5.41, 5.74) is 2.37. The van der Waals surface area contributed by atoms with Crippen LogP contribution in [0.4, 0.5) is 5.13 Å². The Labute approximate surface area is 163 Å². The highest BCUT2D eigenvalue weighted by Gasteiger charge is 2.13. The molecule has 2 aromatic heterocycles. The van der Waals surface area contributed by atoms with E-state index in [1.54, 1.807) is 11.3 Å². The van der Waals surface area contributed by atoms with Crippen LogP contribution in [0.15, 0.2) is 72.1 Å². The molecule has 0 aliphatic rings. The fraction of sp³-hybridized carbons (Fsp3) is 0. The predicted molar refractivity (Wildman–Crippen MR) is 113 cm³/mol. The fourth-order valence-electron chi connectivity index (χ4n) is 2.91. The van der Waals surface area contributed by atoms with E-state index in [2.05, 4.69) is 15.3 Å². The molecule has 5 rings (SSSR count). The van der Waals surface area contributed by atoms with E-state index in [1.807, 2.05) is 72.1 Å². The van der Waals surface area contributed by atoms with Crippen molar-refractivity contribution in [2.45, 2.75) is 0 Å². The number of para-hydroxylation sites is 1. The van der Waals surface area contributed by atoms with Crippen molar-refractivity contribution in [3.05, 3.63) is 77.7 Å². The smallest absolute Gasteiger partial charge is 0.257 e. The lowest BCUT2D eigenvalue weighted by molar-refractivity contribution is 0.102. The number of aromatic nitrogens is 2. The Balaban J connectivity index is 1.39. The Morgan fingerprint density at radius 1 is 0.889 bits per heavy atom. The zero-order valence-electron chi connectivity index (χ0n) is 14.0. The molecule has 27 heavy (non-hydrogen) atoms. The summed E-state index contributed by atoms with van der Waals surface area (Å²) in [5.74, 6) is -0.161. The van der Waals surface area contributed by atoms with E-state index >= 15 is 0 Å². The molecule has 3 aromatic carbocycles. The molecule has 0 saturated heterocycles. The summed E-state index contributed by atoms with van der Waals surface area (Å²) in [6, 6.07) is 21.7. The van der Waals surface area contributed by atoms with Gasteiger partial charge in [0.1, 0.15) is 10.7 Å². The van der Waals surface area contributed by atoms with E-state index in [0.717, 1.165) is 31.7 Å². The number of hydrogen-bond donors (Lipinski definition) is 1. The molecule has 0 atom stereocenters. The number of nitrogens with one attached hydrogen (secondary N) is 1. The fourth-order valence-corrected chi connectivity index (χ4v) is 4.60. The van der Waals surface area contributed by atoms with Gasteiger partial charge in [0.05, 0.1) is 10.2 Å². The van der Waals surface area contributed by atoms with Crippen LogP contribution in [0.1, 0.15) is 10.4 Å². The average Bonchev–Trinajstić information content (AvgIpc) is 3.34. The minimum absolute atomic E-state index is 0.161. The molecular formula is C21H13N3OS2. The maximum atomic E-state index is 12.6. The summed E-state index contributed by atoms with van der Waals surface area (Å²) in [7, 11) is 0. The van der Waals surface area contributed by atoms with Crippen LogP contribution in [0.2, 0.25) is 0 Å². The molecule has 0 fully saturated rings. The molecule has 0 spiro atoms. The number of carbonyl (C=O) groups excluding carboxylic acids is 1. The monoisotopic (exact) mass is 387 g/mol. The maximum absolute atomic E-state index is 12.6. The van der Waals surface area contributed by atoms with Gasteiger partial charge in [-0.3, -0.25) is 10.1 Å². The minimum Gasteiger partial charge on any atom is -0.298 e. The number of anilines is 1. The van der Waals surface area contributed by atoms with Crippen molar-refractivity contribution in [3.63, 3.8) is 0 Å². The summed E-state index contributed by atoms with van der Waals surface area (Å²) in [5, 5.41) is 8.40. The highest BCUT2D eigenvalue weighted by atomic mass is 32.1. The third kappa shape index (κ3) is 3.09. The van der Waals surface area contributed by atoms with Gasteiger partial charge in [-0.05, 0) is 35.0 Å². The van der Waals surface area contributed by atoms with E-state index in [1.165, 1.54) is 11.3 Å². The van der Waals surface area contributed by atoms with Gasteiger partial charge in [-0.2, -0.15) is 0 Å². The summed E-state index contributed by atoms with van der Waals surface area (Å²) in [4.78, 5) is 21.7. The molecule has 4 nitrogen and oxygen atoms in total. The quantitative estimate of drug-likeness (QED) is 0.424. The van der Waals surface area contributed by atoms with E-state index in [0.29, 0.717) is 10.7 Å². The highest BCUT2D eigenvalue weighted by Crippen LogP contribution is 2.32. The Bertz CT molecular complexity index is 1260. The third-order valence-electron chi connectivity index (χ3n) is 4.25. The summed E-state index contributed by atoms with van der Waals surface area (Å²) in [6.45, 7) is 0. The number of amides is 1. The van der Waals surface area contributed by atoms with Gasteiger partial charge in [-0.15, -0.1) is 22.7 Å². The van der Waals surface area contributed by atoms with Crippen molar-refractivity contribution in [2.75, 3.05) is 5.32 Å². The van der Waals surface area contributed by atoms with Gasteiger partial charge in [0.2, 0.25) is 0 Å². The molecule has 2 heterocycles. The van der Waals surface area contributed by atoms with Crippen molar-refractivity contribution < 1.29 is 4.79 Å². The van der Waals surface area contributed by atoms with Crippen LogP contribution in [0.3, 0.4) is 0 Å². The lowest BCUT2D eigenvalue weighted by Gasteiger charge is -2.03. The molecule has 0 aliphatic carbocycles. The van der Waals surface area contributed by atoms with Gasteiger partial charge in [0, 0.05) is 10.9 Å². The summed E-state index contributed by atoms with van der Waals surface area (Å²) < 4.78 is 1.13. The van der Waals surface area contributed by atoms with Crippen LogP contribution < -0.4 is 5.32 Å². The first-order valence-corrected chi connectivity index (χ1v) is 10.1. The molecule has 0 radical (unpaired) electrons. The molecule has 0 bridgehead atoms. The van der Waals surface area contributed by atoms with E-state index in [9.17, 15) is 4.79 Å². The zero-order chi connectivity index (χ0) is 18.2. The van der Waals surface area contributed by atoms with E-state index in [4.69, 9.17) is 0 Å². The second-order valence-electron chi connectivity index (χ2n) is 6.04. The predicted octanol–water partition coefficient (Wildman–Crippen LogP) is 5.83.